The Bertz CT molecular complexity index is 343. The molecule has 0 heterocycles. The minimum Gasteiger partial charge on any atom is -0.480 e. The van der Waals surface area contributed by atoms with Crippen LogP contribution in [0.25, 0.3) is 0 Å². The third-order valence-corrected chi connectivity index (χ3v) is 2.40. The van der Waals surface area contributed by atoms with Crippen molar-refractivity contribution in [3.8, 4) is 0 Å². The van der Waals surface area contributed by atoms with E-state index in [-0.39, 0.29) is 30.8 Å². The zero-order valence-corrected chi connectivity index (χ0v) is 12.5. The number of carboxylic acid groups (broad SMARTS) is 1. The third-order valence-electron chi connectivity index (χ3n) is 2.40. The molecule has 1 atom stereocenters. The first-order valence-electron chi connectivity index (χ1n) is 6.79. The standard InChI is InChI=1S/C13H25N3O4/c1-8(2)7-10(12(18)19)16-13(20)14-6-5-11(17)15-9(3)4/h8-10H,5-7H2,1-4H3,(H,15,17)(H,18,19)(H2,14,16,20)/t10-/m1/s1. The average Bonchev–Trinajstić information content (AvgIpc) is 2.26. The highest BCUT2D eigenvalue weighted by Crippen LogP contribution is 2.04. The second-order valence-electron chi connectivity index (χ2n) is 5.39. The van der Waals surface area contributed by atoms with Crippen LogP contribution < -0.4 is 16.0 Å². The Kier molecular flexibility index (Phi) is 8.35. The number of carboxylic acids is 1. The van der Waals surface area contributed by atoms with Gasteiger partial charge < -0.3 is 21.1 Å². The van der Waals surface area contributed by atoms with Crippen LogP contribution in [0.4, 0.5) is 4.79 Å². The van der Waals surface area contributed by atoms with Gasteiger partial charge in [-0.25, -0.2) is 9.59 Å². The average molecular weight is 287 g/mol. The van der Waals surface area contributed by atoms with E-state index in [0.717, 1.165) is 0 Å². The lowest BCUT2D eigenvalue weighted by Gasteiger charge is -2.17. The van der Waals surface area contributed by atoms with Gasteiger partial charge in [0.2, 0.25) is 5.91 Å². The number of carbonyl (C=O) groups is 3. The van der Waals surface area contributed by atoms with Gasteiger partial charge in [-0.1, -0.05) is 13.8 Å². The largest absolute Gasteiger partial charge is 0.480 e. The summed E-state index contributed by atoms with van der Waals surface area (Å²) in [6.07, 6.45) is 0.518. The Morgan fingerprint density at radius 2 is 1.65 bits per heavy atom. The van der Waals surface area contributed by atoms with Gasteiger partial charge in [0.25, 0.3) is 0 Å². The molecule has 0 saturated carbocycles. The Hall–Kier alpha value is -1.79. The number of hydrogen-bond acceptors (Lipinski definition) is 3. The third kappa shape index (κ3) is 9.18. The topological polar surface area (TPSA) is 108 Å². The van der Waals surface area contributed by atoms with Gasteiger partial charge in [0.1, 0.15) is 6.04 Å². The van der Waals surface area contributed by atoms with E-state index >= 15 is 0 Å². The van der Waals surface area contributed by atoms with Crippen molar-refractivity contribution in [3.63, 3.8) is 0 Å². The second kappa shape index (κ2) is 9.17. The molecule has 0 rings (SSSR count). The fourth-order valence-corrected chi connectivity index (χ4v) is 1.59. The number of nitrogens with one attached hydrogen (secondary N) is 3. The lowest BCUT2D eigenvalue weighted by atomic mass is 10.0. The number of carbonyl (C=O) groups excluding carboxylic acids is 2. The first kappa shape index (κ1) is 18.2. The summed E-state index contributed by atoms with van der Waals surface area (Å²) in [6.45, 7) is 7.62. The monoisotopic (exact) mass is 287 g/mol. The van der Waals surface area contributed by atoms with Crippen LogP contribution in [0.5, 0.6) is 0 Å². The van der Waals surface area contributed by atoms with E-state index < -0.39 is 18.0 Å². The molecule has 0 aromatic heterocycles. The summed E-state index contributed by atoms with van der Waals surface area (Å²) in [5, 5.41) is 16.5. The van der Waals surface area contributed by atoms with Crippen LogP contribution in [0.3, 0.4) is 0 Å². The molecule has 116 valence electrons. The number of hydrogen-bond donors (Lipinski definition) is 4. The smallest absolute Gasteiger partial charge is 0.326 e. The zero-order chi connectivity index (χ0) is 15.7. The molecule has 0 radical (unpaired) electrons. The predicted molar refractivity (Wildman–Crippen MR) is 75.3 cm³/mol. The van der Waals surface area contributed by atoms with Gasteiger partial charge in [-0.15, -0.1) is 0 Å². The molecule has 7 heteroatoms. The van der Waals surface area contributed by atoms with Crippen molar-refractivity contribution >= 4 is 17.9 Å². The van der Waals surface area contributed by atoms with Crippen LogP contribution in [0.2, 0.25) is 0 Å². The van der Waals surface area contributed by atoms with E-state index in [1.165, 1.54) is 0 Å². The summed E-state index contributed by atoms with van der Waals surface area (Å²) in [6, 6.07) is -1.44. The molecule has 0 saturated heterocycles. The summed E-state index contributed by atoms with van der Waals surface area (Å²) >= 11 is 0. The Labute approximate surface area is 119 Å². The van der Waals surface area contributed by atoms with Crippen molar-refractivity contribution in [2.24, 2.45) is 5.92 Å². The normalized spacial score (nSPS) is 12.1. The Morgan fingerprint density at radius 3 is 2.10 bits per heavy atom. The highest BCUT2D eigenvalue weighted by atomic mass is 16.4. The van der Waals surface area contributed by atoms with Gasteiger partial charge in [-0.05, 0) is 26.2 Å². The lowest BCUT2D eigenvalue weighted by molar-refractivity contribution is -0.139. The Balaban J connectivity index is 4.02. The fraction of sp³-hybridized carbons (Fsp3) is 0.769. The molecular weight excluding hydrogens is 262 g/mol. The van der Waals surface area contributed by atoms with Crippen LogP contribution in [0.15, 0.2) is 0 Å². The van der Waals surface area contributed by atoms with E-state index in [1.54, 1.807) is 0 Å². The van der Waals surface area contributed by atoms with Crippen LogP contribution in [0, 0.1) is 5.92 Å². The zero-order valence-electron chi connectivity index (χ0n) is 12.5. The van der Waals surface area contributed by atoms with E-state index in [9.17, 15) is 14.4 Å². The molecule has 0 aliphatic heterocycles. The molecule has 7 nitrogen and oxygen atoms in total. The van der Waals surface area contributed by atoms with Crippen LogP contribution >= 0.6 is 0 Å². The maximum atomic E-state index is 11.5. The molecule has 0 aromatic carbocycles. The summed E-state index contributed by atoms with van der Waals surface area (Å²) in [5.41, 5.74) is 0. The number of aliphatic carboxylic acids is 1. The maximum absolute atomic E-state index is 11.5. The SMILES string of the molecule is CC(C)C[C@@H](NC(=O)NCCC(=O)NC(C)C)C(=O)O. The first-order chi connectivity index (χ1) is 9.22. The molecular formula is C13H25N3O4. The molecule has 0 fully saturated rings. The van der Waals surface area contributed by atoms with Crippen molar-refractivity contribution in [3.05, 3.63) is 0 Å². The second-order valence-corrected chi connectivity index (χ2v) is 5.39. The minimum atomic E-state index is -1.06. The van der Waals surface area contributed by atoms with E-state index in [1.807, 2.05) is 27.7 Å². The van der Waals surface area contributed by atoms with E-state index in [0.29, 0.717) is 6.42 Å². The quantitative estimate of drug-likeness (QED) is 0.527. The van der Waals surface area contributed by atoms with Gasteiger partial charge in [0.05, 0.1) is 0 Å². The van der Waals surface area contributed by atoms with E-state index in [4.69, 9.17) is 5.11 Å². The minimum absolute atomic E-state index is 0.0544. The molecule has 3 amide bonds. The summed E-state index contributed by atoms with van der Waals surface area (Å²) in [5.74, 6) is -1.06. The molecule has 0 aromatic rings. The van der Waals surface area contributed by atoms with Crippen molar-refractivity contribution in [1.82, 2.24) is 16.0 Å². The molecule has 0 aliphatic rings. The van der Waals surface area contributed by atoms with Gasteiger partial charge in [0, 0.05) is 19.0 Å². The van der Waals surface area contributed by atoms with Crippen molar-refractivity contribution in [2.45, 2.75) is 52.6 Å². The van der Waals surface area contributed by atoms with Gasteiger partial charge in [-0.2, -0.15) is 0 Å². The van der Waals surface area contributed by atoms with Gasteiger partial charge >= 0.3 is 12.0 Å². The molecule has 0 bridgehead atoms. The predicted octanol–water partition coefficient (Wildman–Crippen LogP) is 0.700. The number of rotatable bonds is 8. The Morgan fingerprint density at radius 1 is 1.05 bits per heavy atom. The summed E-state index contributed by atoms with van der Waals surface area (Å²) in [7, 11) is 0. The lowest BCUT2D eigenvalue weighted by Crippen LogP contribution is -2.47. The molecule has 4 N–H and O–H groups in total. The highest BCUT2D eigenvalue weighted by Gasteiger charge is 2.20. The molecule has 0 spiro atoms. The van der Waals surface area contributed by atoms with Crippen LogP contribution in [0.1, 0.15) is 40.5 Å². The van der Waals surface area contributed by atoms with Gasteiger partial charge in [-0.3, -0.25) is 4.79 Å². The van der Waals surface area contributed by atoms with Crippen LogP contribution in [-0.2, 0) is 9.59 Å². The molecule has 0 unspecified atom stereocenters. The molecule has 0 aliphatic carbocycles. The van der Waals surface area contributed by atoms with Gasteiger partial charge in [0.15, 0.2) is 0 Å². The summed E-state index contributed by atoms with van der Waals surface area (Å²) in [4.78, 5) is 33.8. The molecule has 20 heavy (non-hydrogen) atoms. The van der Waals surface area contributed by atoms with Crippen molar-refractivity contribution < 1.29 is 19.5 Å². The summed E-state index contributed by atoms with van der Waals surface area (Å²) < 4.78 is 0. The van der Waals surface area contributed by atoms with Crippen molar-refractivity contribution in [1.29, 1.82) is 0 Å². The van der Waals surface area contributed by atoms with Crippen molar-refractivity contribution in [2.75, 3.05) is 6.54 Å². The number of amides is 3. The highest BCUT2D eigenvalue weighted by molar-refractivity contribution is 5.83. The van der Waals surface area contributed by atoms with Crippen LogP contribution in [-0.4, -0.2) is 41.6 Å². The first-order valence-corrected chi connectivity index (χ1v) is 6.79. The number of urea groups is 1. The van der Waals surface area contributed by atoms with E-state index in [2.05, 4.69) is 16.0 Å². The maximum Gasteiger partial charge on any atom is 0.326 e. The fourth-order valence-electron chi connectivity index (χ4n) is 1.59.